The highest BCUT2D eigenvalue weighted by Crippen LogP contribution is 2.49. The van der Waals surface area contributed by atoms with Gasteiger partial charge >= 0.3 is 0 Å². The highest BCUT2D eigenvalue weighted by atomic mass is 16.3. The summed E-state index contributed by atoms with van der Waals surface area (Å²) >= 11 is 0. The second-order valence-electron chi connectivity index (χ2n) is 18.8. The van der Waals surface area contributed by atoms with E-state index in [9.17, 15) is 0 Å². The van der Waals surface area contributed by atoms with Gasteiger partial charge < -0.3 is 17.6 Å². The Hall–Kier alpha value is -6.26. The first-order chi connectivity index (χ1) is 27.7. The minimum absolute atomic E-state index is 0.0497. The number of aromatic nitrogens is 2. The van der Waals surface area contributed by atoms with E-state index in [0.717, 1.165) is 77.0 Å². The van der Waals surface area contributed by atoms with E-state index in [1.165, 1.54) is 55.6 Å². The van der Waals surface area contributed by atoms with E-state index < -0.39 is 0 Å². The Labute approximate surface area is 338 Å². The standard InChI is InChI=1S/C54H48N2O2/c1-29-13-11-14-30(2)45(29)33-17-21-37-41(25-33)55-39-23-19-35(53(5,6)7)27-43(39)57-52-48-38-22-18-34(46-31(3)15-12-16-32(46)4)26-42(38)56-40-24-20-36(54(8,9)10)28-44(40)58-51(50(48)56)47(37)49(52)55/h11-28H,1-10H3. The number of rotatable bonds is 2. The number of benzene rings is 7. The molecule has 0 saturated heterocycles. The first kappa shape index (κ1) is 34.9. The Kier molecular flexibility index (Phi) is 7.03. The Morgan fingerprint density at radius 2 is 0.793 bits per heavy atom. The maximum absolute atomic E-state index is 7.34. The minimum atomic E-state index is -0.0497. The maximum atomic E-state index is 7.34. The first-order valence-corrected chi connectivity index (χ1v) is 20.6. The predicted molar refractivity (Wildman–Crippen MR) is 245 cm³/mol. The Morgan fingerprint density at radius 3 is 1.16 bits per heavy atom. The largest absolute Gasteiger partial charge is 0.452 e. The number of nitrogens with zero attached hydrogens (tertiary/aromatic N) is 2. The predicted octanol–water partition coefficient (Wildman–Crippen LogP) is 15.5. The Morgan fingerprint density at radius 1 is 0.414 bits per heavy atom. The molecule has 0 N–H and O–H groups in total. The number of fused-ring (bicyclic) bond motifs is 12. The quantitative estimate of drug-likeness (QED) is 0.165. The summed E-state index contributed by atoms with van der Waals surface area (Å²) in [6.07, 6.45) is 0. The molecule has 0 amide bonds. The topological polar surface area (TPSA) is 35.1 Å². The van der Waals surface area contributed by atoms with E-state index in [1.807, 2.05) is 0 Å². The van der Waals surface area contributed by atoms with Gasteiger partial charge in [-0.1, -0.05) is 114 Å². The van der Waals surface area contributed by atoms with E-state index in [4.69, 9.17) is 8.83 Å². The SMILES string of the molecule is Cc1cccc(C)c1-c1ccc2c3c4oc5cc(C(C)(C)C)ccc5n5c6cc(-c7c(C)cccc7C)ccc6c(c6oc7cc(C(C)(C)C)ccc7n(c2c1)c63)c45. The molecule has 7 aromatic carbocycles. The number of aryl methyl sites for hydroxylation is 4. The smallest absolute Gasteiger partial charge is 0.162 e. The molecular formula is C54H48N2O2. The van der Waals surface area contributed by atoms with Crippen molar-refractivity contribution in [3.05, 3.63) is 143 Å². The van der Waals surface area contributed by atoms with Crippen molar-refractivity contribution in [2.24, 2.45) is 0 Å². The monoisotopic (exact) mass is 756 g/mol. The minimum Gasteiger partial charge on any atom is -0.452 e. The van der Waals surface area contributed by atoms with Crippen LogP contribution in [-0.4, -0.2) is 8.80 Å². The second-order valence-corrected chi connectivity index (χ2v) is 18.8. The van der Waals surface area contributed by atoms with E-state index in [2.05, 4.69) is 187 Å². The molecule has 11 aromatic rings. The number of hydrogen-bond donors (Lipinski definition) is 0. The summed E-state index contributed by atoms with van der Waals surface area (Å²) in [5.41, 5.74) is 22.3. The molecule has 4 aromatic heterocycles. The van der Waals surface area contributed by atoms with Crippen LogP contribution in [0.25, 0.3) is 99.2 Å². The average Bonchev–Trinajstić information content (AvgIpc) is 3.70. The van der Waals surface area contributed by atoms with Gasteiger partial charge in [-0.05, 0) is 131 Å². The lowest BCUT2D eigenvalue weighted by molar-refractivity contribution is 0.586. The highest BCUT2D eigenvalue weighted by molar-refractivity contribution is 6.35. The molecule has 0 radical (unpaired) electrons. The van der Waals surface area contributed by atoms with Crippen LogP contribution < -0.4 is 0 Å². The maximum Gasteiger partial charge on any atom is 0.162 e. The van der Waals surface area contributed by atoms with Gasteiger partial charge in [-0.25, -0.2) is 0 Å². The van der Waals surface area contributed by atoms with Gasteiger partial charge in [-0.3, -0.25) is 0 Å². The summed E-state index contributed by atoms with van der Waals surface area (Å²) in [6.45, 7) is 22.5. The molecule has 0 atom stereocenters. The zero-order chi connectivity index (χ0) is 40.2. The van der Waals surface area contributed by atoms with Crippen molar-refractivity contribution in [2.75, 3.05) is 0 Å². The molecule has 4 nitrogen and oxygen atoms in total. The molecule has 11 rings (SSSR count). The molecule has 286 valence electrons. The van der Waals surface area contributed by atoms with Crippen LogP contribution >= 0.6 is 0 Å². The van der Waals surface area contributed by atoms with Crippen molar-refractivity contribution in [1.82, 2.24) is 8.80 Å². The van der Waals surface area contributed by atoms with Gasteiger partial charge in [-0.2, -0.15) is 0 Å². The van der Waals surface area contributed by atoms with Crippen molar-refractivity contribution in [3.8, 4) is 22.3 Å². The molecule has 58 heavy (non-hydrogen) atoms. The second kappa shape index (κ2) is 11.7. The van der Waals surface area contributed by atoms with Crippen LogP contribution in [0.4, 0.5) is 0 Å². The molecule has 0 bridgehead atoms. The van der Waals surface area contributed by atoms with Gasteiger partial charge in [-0.15, -0.1) is 0 Å². The summed E-state index contributed by atoms with van der Waals surface area (Å²) in [5.74, 6) is 0. The zero-order valence-electron chi connectivity index (χ0n) is 35.1. The van der Waals surface area contributed by atoms with Gasteiger partial charge in [0.2, 0.25) is 0 Å². The molecule has 0 unspecified atom stereocenters. The molecule has 0 aliphatic rings. The van der Waals surface area contributed by atoms with Crippen LogP contribution in [0.15, 0.2) is 118 Å². The van der Waals surface area contributed by atoms with E-state index >= 15 is 0 Å². The fraction of sp³-hybridized carbons (Fsp3) is 0.222. The van der Waals surface area contributed by atoms with Crippen LogP contribution in [0, 0.1) is 27.7 Å². The molecule has 0 spiro atoms. The molecule has 0 saturated carbocycles. The van der Waals surface area contributed by atoms with Gasteiger partial charge in [0.05, 0.1) is 32.8 Å². The van der Waals surface area contributed by atoms with E-state index in [1.54, 1.807) is 0 Å². The zero-order valence-corrected chi connectivity index (χ0v) is 35.1. The third-order valence-corrected chi connectivity index (χ3v) is 12.9. The normalized spacial score (nSPS) is 13.0. The lowest BCUT2D eigenvalue weighted by Crippen LogP contribution is -2.10. The fourth-order valence-electron chi connectivity index (χ4n) is 9.97. The average molecular weight is 757 g/mol. The third-order valence-electron chi connectivity index (χ3n) is 12.9. The van der Waals surface area contributed by atoms with E-state index in [0.29, 0.717) is 0 Å². The lowest BCUT2D eigenvalue weighted by atomic mass is 9.87. The molecule has 0 aliphatic heterocycles. The molecular weight excluding hydrogens is 709 g/mol. The van der Waals surface area contributed by atoms with Crippen molar-refractivity contribution >= 4 is 77.0 Å². The van der Waals surface area contributed by atoms with Crippen molar-refractivity contribution in [1.29, 1.82) is 0 Å². The van der Waals surface area contributed by atoms with Crippen LogP contribution in [0.1, 0.15) is 74.9 Å². The van der Waals surface area contributed by atoms with Crippen molar-refractivity contribution < 1.29 is 8.83 Å². The summed E-state index contributed by atoms with van der Waals surface area (Å²) < 4.78 is 19.6. The summed E-state index contributed by atoms with van der Waals surface area (Å²) in [4.78, 5) is 0. The summed E-state index contributed by atoms with van der Waals surface area (Å²) in [6, 6.07) is 40.7. The van der Waals surface area contributed by atoms with Gasteiger partial charge in [0.25, 0.3) is 0 Å². The van der Waals surface area contributed by atoms with Gasteiger partial charge in [0.15, 0.2) is 22.3 Å². The van der Waals surface area contributed by atoms with E-state index in [-0.39, 0.29) is 10.8 Å². The van der Waals surface area contributed by atoms with Crippen molar-refractivity contribution in [3.63, 3.8) is 0 Å². The van der Waals surface area contributed by atoms with Crippen molar-refractivity contribution in [2.45, 2.75) is 80.1 Å². The molecule has 0 fully saturated rings. The number of hydrogen-bond acceptors (Lipinski definition) is 2. The van der Waals surface area contributed by atoms with Crippen LogP contribution in [0.3, 0.4) is 0 Å². The third kappa shape index (κ3) is 4.75. The Bertz CT molecular complexity index is 3290. The van der Waals surface area contributed by atoms with Crippen LogP contribution in [0.2, 0.25) is 0 Å². The van der Waals surface area contributed by atoms with Gasteiger partial charge in [0.1, 0.15) is 11.0 Å². The molecule has 4 heteroatoms. The van der Waals surface area contributed by atoms with Crippen LogP contribution in [0.5, 0.6) is 0 Å². The van der Waals surface area contributed by atoms with Gasteiger partial charge in [0, 0.05) is 10.8 Å². The highest BCUT2D eigenvalue weighted by Gasteiger charge is 2.29. The lowest BCUT2D eigenvalue weighted by Gasteiger charge is -2.20. The fourth-order valence-corrected chi connectivity index (χ4v) is 9.97. The molecule has 0 aliphatic carbocycles. The molecule has 4 heterocycles. The Balaban J connectivity index is 1.40. The van der Waals surface area contributed by atoms with Crippen LogP contribution in [-0.2, 0) is 10.8 Å². The first-order valence-electron chi connectivity index (χ1n) is 20.6. The summed E-state index contributed by atoms with van der Waals surface area (Å²) in [7, 11) is 0. The summed E-state index contributed by atoms with van der Waals surface area (Å²) in [5, 5.41) is 4.43.